The Morgan fingerprint density at radius 3 is 2.47 bits per heavy atom. The predicted octanol–water partition coefficient (Wildman–Crippen LogP) is 4.65. The van der Waals surface area contributed by atoms with Gasteiger partial charge in [-0.3, -0.25) is 4.79 Å². The molecule has 1 aliphatic rings. The van der Waals surface area contributed by atoms with Crippen LogP contribution in [0.15, 0.2) is 34.1 Å². The number of rotatable bonds is 8. The minimum Gasteiger partial charge on any atom is -0.390 e. The molecule has 1 saturated carbocycles. The van der Waals surface area contributed by atoms with Crippen LogP contribution in [-0.4, -0.2) is 29.7 Å². The molecular formula is C22H27BrF2N2O2S. The van der Waals surface area contributed by atoms with Gasteiger partial charge in [0.1, 0.15) is 11.6 Å². The summed E-state index contributed by atoms with van der Waals surface area (Å²) in [6.45, 7) is 1.62. The van der Waals surface area contributed by atoms with Gasteiger partial charge in [-0.1, -0.05) is 19.3 Å². The van der Waals surface area contributed by atoms with Gasteiger partial charge in [0.05, 0.1) is 17.7 Å². The molecule has 1 aromatic carbocycles. The molecule has 2 atom stereocenters. The van der Waals surface area contributed by atoms with Crippen LogP contribution in [0.4, 0.5) is 8.78 Å². The summed E-state index contributed by atoms with van der Waals surface area (Å²) in [5.74, 6) is -1.66. The van der Waals surface area contributed by atoms with E-state index in [1.807, 2.05) is 11.4 Å². The fourth-order valence-corrected chi connectivity index (χ4v) is 6.23. The number of carbonyl (C=O) groups excluding carboxylic acids is 1. The molecule has 8 heteroatoms. The Bertz CT molecular complexity index is 850. The van der Waals surface area contributed by atoms with Crippen molar-refractivity contribution in [2.75, 3.05) is 6.54 Å². The van der Waals surface area contributed by atoms with Crippen LogP contribution in [0.1, 0.15) is 49.5 Å². The molecule has 1 fully saturated rings. The van der Waals surface area contributed by atoms with Crippen LogP contribution in [0.3, 0.4) is 0 Å². The number of thiophene rings is 1. The first-order chi connectivity index (χ1) is 14.3. The van der Waals surface area contributed by atoms with Crippen molar-refractivity contribution in [2.24, 2.45) is 0 Å². The van der Waals surface area contributed by atoms with Crippen molar-refractivity contribution in [3.63, 3.8) is 0 Å². The molecule has 0 bridgehead atoms. The molecule has 3 N–H and O–H groups in total. The van der Waals surface area contributed by atoms with E-state index in [0.29, 0.717) is 5.56 Å². The van der Waals surface area contributed by atoms with Gasteiger partial charge in [-0.15, -0.1) is 11.3 Å². The molecule has 0 spiro atoms. The fourth-order valence-electron chi connectivity index (χ4n) is 4.24. The Morgan fingerprint density at radius 2 is 1.90 bits per heavy atom. The number of hydrogen-bond donors (Lipinski definition) is 3. The second-order valence-electron chi connectivity index (χ2n) is 7.98. The summed E-state index contributed by atoms with van der Waals surface area (Å²) >= 11 is 5.33. The zero-order chi connectivity index (χ0) is 21.7. The topological polar surface area (TPSA) is 61.4 Å². The van der Waals surface area contributed by atoms with E-state index < -0.39 is 23.8 Å². The van der Waals surface area contributed by atoms with Gasteiger partial charge in [-0.25, -0.2) is 8.78 Å². The van der Waals surface area contributed by atoms with E-state index in [1.165, 1.54) is 30.4 Å². The van der Waals surface area contributed by atoms with Gasteiger partial charge in [-0.05, 0) is 64.3 Å². The van der Waals surface area contributed by atoms with Crippen molar-refractivity contribution in [2.45, 2.75) is 63.1 Å². The summed E-state index contributed by atoms with van der Waals surface area (Å²) in [5.41, 5.74) is 0.163. The van der Waals surface area contributed by atoms with Crippen LogP contribution < -0.4 is 10.6 Å². The minimum absolute atomic E-state index is 0.132. The third kappa shape index (κ3) is 5.87. The van der Waals surface area contributed by atoms with E-state index in [0.717, 1.165) is 36.2 Å². The Labute approximate surface area is 188 Å². The molecule has 3 rings (SSSR count). The molecule has 30 heavy (non-hydrogen) atoms. The predicted molar refractivity (Wildman–Crippen MR) is 118 cm³/mol. The molecule has 1 aromatic heterocycles. The smallest absolute Gasteiger partial charge is 0.217 e. The van der Waals surface area contributed by atoms with Crippen LogP contribution in [-0.2, 0) is 16.8 Å². The maximum absolute atomic E-state index is 13.6. The van der Waals surface area contributed by atoms with Gasteiger partial charge < -0.3 is 15.7 Å². The molecule has 0 radical (unpaired) electrons. The summed E-state index contributed by atoms with van der Waals surface area (Å²) in [6.07, 6.45) is 4.55. The molecule has 164 valence electrons. The zero-order valence-corrected chi connectivity index (χ0v) is 19.3. The first kappa shape index (κ1) is 23.3. The van der Waals surface area contributed by atoms with Gasteiger partial charge in [-0.2, -0.15) is 0 Å². The number of nitrogens with one attached hydrogen (secondary N) is 2. The molecule has 1 heterocycles. The van der Waals surface area contributed by atoms with Gasteiger partial charge in [0.25, 0.3) is 0 Å². The lowest BCUT2D eigenvalue weighted by Crippen LogP contribution is -2.53. The molecular weight excluding hydrogens is 474 g/mol. The summed E-state index contributed by atoms with van der Waals surface area (Å²) in [6, 6.07) is 4.63. The van der Waals surface area contributed by atoms with Crippen molar-refractivity contribution >= 4 is 33.2 Å². The number of halogens is 3. The number of hydrogen-bond acceptors (Lipinski definition) is 4. The van der Waals surface area contributed by atoms with Crippen molar-refractivity contribution in [1.29, 1.82) is 0 Å². The van der Waals surface area contributed by atoms with Crippen LogP contribution in [0, 0.1) is 11.6 Å². The Hall–Kier alpha value is -1.35. The third-order valence-corrected chi connectivity index (χ3v) is 7.68. The van der Waals surface area contributed by atoms with E-state index in [2.05, 4.69) is 26.6 Å². The number of amides is 1. The highest BCUT2D eigenvalue weighted by atomic mass is 79.9. The van der Waals surface area contributed by atoms with Gasteiger partial charge >= 0.3 is 0 Å². The van der Waals surface area contributed by atoms with E-state index in [4.69, 9.17) is 0 Å². The lowest BCUT2D eigenvalue weighted by atomic mass is 9.80. The Morgan fingerprint density at radius 1 is 1.23 bits per heavy atom. The van der Waals surface area contributed by atoms with E-state index in [1.54, 1.807) is 11.3 Å². The normalized spacial score (nSPS) is 18.0. The monoisotopic (exact) mass is 500 g/mol. The first-order valence-electron chi connectivity index (χ1n) is 10.2. The molecule has 2 aromatic rings. The number of carbonyl (C=O) groups is 1. The summed E-state index contributed by atoms with van der Waals surface area (Å²) in [4.78, 5) is 12.9. The van der Waals surface area contributed by atoms with Gasteiger partial charge in [0.15, 0.2) is 0 Å². The summed E-state index contributed by atoms with van der Waals surface area (Å²) in [5, 5.41) is 19.2. The number of benzene rings is 1. The molecule has 1 amide bonds. The largest absolute Gasteiger partial charge is 0.390 e. The molecule has 0 saturated heterocycles. The van der Waals surface area contributed by atoms with Crippen LogP contribution in [0.2, 0.25) is 0 Å². The quantitative estimate of drug-likeness (QED) is 0.494. The molecule has 4 nitrogen and oxygen atoms in total. The number of aliphatic hydroxyl groups excluding tert-OH is 1. The summed E-state index contributed by atoms with van der Waals surface area (Å²) in [7, 11) is 0. The Balaban J connectivity index is 1.74. The first-order valence-corrected chi connectivity index (χ1v) is 11.8. The van der Waals surface area contributed by atoms with Crippen molar-refractivity contribution < 1.29 is 18.7 Å². The second-order valence-corrected chi connectivity index (χ2v) is 9.75. The molecule has 1 aliphatic carbocycles. The standard InChI is InChI=1S/C22H27BrF2N2O2S/c1-14(28)27-19(11-15-9-16(24)12-17(25)10-15)20(29)13-26-22(6-3-2-4-7-22)21-18(23)5-8-30-21/h5,8-10,12,19-20,26,29H,2-4,6-7,11,13H2,1H3,(H,27,28). The van der Waals surface area contributed by atoms with Crippen molar-refractivity contribution in [1.82, 2.24) is 10.6 Å². The number of aliphatic hydroxyl groups is 1. The average molecular weight is 501 g/mol. The van der Waals surface area contributed by atoms with Crippen LogP contribution in [0.5, 0.6) is 0 Å². The maximum Gasteiger partial charge on any atom is 0.217 e. The SMILES string of the molecule is CC(=O)NC(Cc1cc(F)cc(F)c1)C(O)CNC1(c2sccc2Br)CCCCC1. The highest BCUT2D eigenvalue weighted by Crippen LogP contribution is 2.43. The fraction of sp³-hybridized carbons (Fsp3) is 0.500. The molecule has 2 unspecified atom stereocenters. The molecule has 0 aliphatic heterocycles. The highest BCUT2D eigenvalue weighted by Gasteiger charge is 2.37. The zero-order valence-electron chi connectivity index (χ0n) is 16.9. The lowest BCUT2D eigenvalue weighted by molar-refractivity contribution is -0.120. The minimum atomic E-state index is -0.919. The maximum atomic E-state index is 13.6. The van der Waals surface area contributed by atoms with Crippen molar-refractivity contribution in [3.05, 3.63) is 56.2 Å². The van der Waals surface area contributed by atoms with Crippen molar-refractivity contribution in [3.8, 4) is 0 Å². The van der Waals surface area contributed by atoms with E-state index >= 15 is 0 Å². The van der Waals surface area contributed by atoms with Crippen LogP contribution in [0.25, 0.3) is 0 Å². The van der Waals surface area contributed by atoms with Gasteiger partial charge in [0, 0.05) is 28.9 Å². The average Bonchev–Trinajstić information content (AvgIpc) is 3.12. The second kappa shape index (κ2) is 10.3. The lowest BCUT2D eigenvalue weighted by Gasteiger charge is -2.39. The van der Waals surface area contributed by atoms with Crippen LogP contribution >= 0.6 is 27.3 Å². The van der Waals surface area contributed by atoms with Gasteiger partial charge in [0.2, 0.25) is 5.91 Å². The van der Waals surface area contributed by atoms with E-state index in [9.17, 15) is 18.7 Å². The highest BCUT2D eigenvalue weighted by molar-refractivity contribution is 9.10. The summed E-state index contributed by atoms with van der Waals surface area (Å²) < 4.78 is 28.2. The third-order valence-electron chi connectivity index (χ3n) is 5.64. The van der Waals surface area contributed by atoms with E-state index in [-0.39, 0.29) is 24.4 Å². The Kier molecular flexibility index (Phi) is 8.01.